The van der Waals surface area contributed by atoms with Gasteiger partial charge in [-0.1, -0.05) is 13.3 Å². The lowest BCUT2D eigenvalue weighted by atomic mass is 10.3. The summed E-state index contributed by atoms with van der Waals surface area (Å²) in [4.78, 5) is 4.41. The van der Waals surface area contributed by atoms with Crippen LogP contribution in [0.25, 0.3) is 0 Å². The Balaban J connectivity index is 2.56. The van der Waals surface area contributed by atoms with Gasteiger partial charge in [0.2, 0.25) is 5.95 Å². The van der Waals surface area contributed by atoms with E-state index >= 15 is 0 Å². The molecule has 0 aromatic carbocycles. The summed E-state index contributed by atoms with van der Waals surface area (Å²) < 4.78 is 13.1. The first-order valence-electron chi connectivity index (χ1n) is 5.71. The fourth-order valence-corrected chi connectivity index (χ4v) is 1.92. The van der Waals surface area contributed by atoms with Crippen molar-refractivity contribution in [2.24, 2.45) is 0 Å². The number of aryl methyl sites for hydroxylation is 2. The van der Waals surface area contributed by atoms with E-state index in [1.165, 1.54) is 6.42 Å². The zero-order chi connectivity index (χ0) is 12.0. The number of aromatic nitrogens is 2. The predicted molar refractivity (Wildman–Crippen MR) is 69.3 cm³/mol. The van der Waals surface area contributed by atoms with Crippen LogP contribution in [-0.2, 0) is 17.3 Å². The van der Waals surface area contributed by atoms with Gasteiger partial charge in [-0.15, -0.1) is 0 Å². The maximum Gasteiger partial charge on any atom is 0.203 e. The van der Waals surface area contributed by atoms with Crippen LogP contribution in [0.1, 0.15) is 25.5 Å². The number of imidazole rings is 1. The standard InChI is InChI=1S/C11H21N3OS/c1-4-5-6-12-11-13-10(2)9-14(11)7-8-16(3)15/h9H,4-8H2,1-3H3,(H,12,13). The zero-order valence-corrected chi connectivity index (χ0v) is 11.1. The Hall–Kier alpha value is -0.840. The molecule has 0 bridgehead atoms. The molecule has 92 valence electrons. The molecule has 0 spiro atoms. The van der Waals surface area contributed by atoms with E-state index in [-0.39, 0.29) is 0 Å². The van der Waals surface area contributed by atoms with E-state index in [2.05, 4.69) is 17.2 Å². The van der Waals surface area contributed by atoms with Crippen molar-refractivity contribution in [3.8, 4) is 0 Å². The Kier molecular flexibility index (Phi) is 5.52. The molecule has 0 aliphatic heterocycles. The lowest BCUT2D eigenvalue weighted by molar-refractivity contribution is 0.677. The van der Waals surface area contributed by atoms with E-state index in [1.54, 1.807) is 6.26 Å². The van der Waals surface area contributed by atoms with Crippen molar-refractivity contribution in [3.63, 3.8) is 0 Å². The molecule has 0 saturated carbocycles. The molecule has 1 heterocycles. The van der Waals surface area contributed by atoms with Crippen molar-refractivity contribution >= 4 is 16.7 Å². The molecule has 5 heteroatoms. The van der Waals surface area contributed by atoms with Crippen molar-refractivity contribution in [1.82, 2.24) is 9.55 Å². The quantitative estimate of drug-likeness (QED) is 0.743. The Bertz CT molecular complexity index is 349. The van der Waals surface area contributed by atoms with E-state index in [0.29, 0.717) is 5.75 Å². The molecule has 1 rings (SSSR count). The van der Waals surface area contributed by atoms with Crippen molar-refractivity contribution in [2.75, 3.05) is 23.9 Å². The summed E-state index contributed by atoms with van der Waals surface area (Å²) in [5.74, 6) is 1.58. The molecule has 0 amide bonds. The van der Waals surface area contributed by atoms with E-state index in [4.69, 9.17) is 0 Å². The zero-order valence-electron chi connectivity index (χ0n) is 10.3. The Morgan fingerprint density at radius 1 is 1.56 bits per heavy atom. The van der Waals surface area contributed by atoms with Crippen LogP contribution in [0.15, 0.2) is 6.20 Å². The second-order valence-corrected chi connectivity index (χ2v) is 5.51. The summed E-state index contributed by atoms with van der Waals surface area (Å²) in [5.41, 5.74) is 1.00. The third-order valence-electron chi connectivity index (χ3n) is 2.33. The maximum absolute atomic E-state index is 11.1. The van der Waals surface area contributed by atoms with Gasteiger partial charge in [0.05, 0.1) is 5.69 Å². The van der Waals surface area contributed by atoms with Crippen LogP contribution < -0.4 is 5.32 Å². The van der Waals surface area contributed by atoms with Crippen LogP contribution in [0.4, 0.5) is 5.95 Å². The summed E-state index contributed by atoms with van der Waals surface area (Å²) in [5, 5.41) is 3.31. The molecule has 1 unspecified atom stereocenters. The van der Waals surface area contributed by atoms with E-state index in [1.807, 2.05) is 17.7 Å². The number of hydrogen-bond acceptors (Lipinski definition) is 3. The van der Waals surface area contributed by atoms with Crippen LogP contribution in [0, 0.1) is 6.92 Å². The van der Waals surface area contributed by atoms with Gasteiger partial charge in [0.25, 0.3) is 0 Å². The van der Waals surface area contributed by atoms with Crippen molar-refractivity contribution in [3.05, 3.63) is 11.9 Å². The average molecular weight is 243 g/mol. The SMILES string of the molecule is CCCCNc1nc(C)cn1CCS(C)=O. The van der Waals surface area contributed by atoms with Crippen LogP contribution in [0.3, 0.4) is 0 Å². The fourth-order valence-electron chi connectivity index (χ4n) is 1.46. The minimum atomic E-state index is -0.749. The average Bonchev–Trinajstić information content (AvgIpc) is 2.56. The summed E-state index contributed by atoms with van der Waals surface area (Å²) in [6, 6.07) is 0. The van der Waals surface area contributed by atoms with Gasteiger partial charge in [-0.05, 0) is 13.3 Å². The second-order valence-electron chi connectivity index (χ2n) is 3.96. The van der Waals surface area contributed by atoms with Crippen molar-refractivity contribution in [1.29, 1.82) is 0 Å². The molecule has 1 aromatic heterocycles. The third kappa shape index (κ3) is 4.35. The first-order valence-corrected chi connectivity index (χ1v) is 7.44. The van der Waals surface area contributed by atoms with Gasteiger partial charge < -0.3 is 9.88 Å². The highest BCUT2D eigenvalue weighted by Crippen LogP contribution is 2.08. The van der Waals surface area contributed by atoms with Crippen molar-refractivity contribution < 1.29 is 4.21 Å². The molecule has 0 aliphatic rings. The Morgan fingerprint density at radius 2 is 2.31 bits per heavy atom. The summed E-state index contributed by atoms with van der Waals surface area (Å²) >= 11 is 0. The first kappa shape index (κ1) is 13.2. The summed E-state index contributed by atoms with van der Waals surface area (Å²) in [7, 11) is -0.749. The predicted octanol–water partition coefficient (Wildman–Crippen LogP) is 1.78. The Morgan fingerprint density at radius 3 is 2.94 bits per heavy atom. The molecule has 1 aromatic rings. The van der Waals surface area contributed by atoms with Gasteiger partial charge in [-0.3, -0.25) is 4.21 Å². The van der Waals surface area contributed by atoms with E-state index in [0.717, 1.165) is 31.2 Å². The number of rotatable bonds is 7. The fraction of sp³-hybridized carbons (Fsp3) is 0.727. The van der Waals surface area contributed by atoms with Crippen LogP contribution >= 0.6 is 0 Å². The largest absolute Gasteiger partial charge is 0.356 e. The third-order valence-corrected chi connectivity index (χ3v) is 3.09. The van der Waals surface area contributed by atoms with Gasteiger partial charge in [0, 0.05) is 42.1 Å². The molecular formula is C11H21N3OS. The maximum atomic E-state index is 11.1. The van der Waals surface area contributed by atoms with Crippen molar-refractivity contribution in [2.45, 2.75) is 33.2 Å². The van der Waals surface area contributed by atoms with E-state index in [9.17, 15) is 4.21 Å². The Labute approximate surface area is 99.9 Å². The minimum Gasteiger partial charge on any atom is -0.356 e. The van der Waals surface area contributed by atoms with Gasteiger partial charge in [0.15, 0.2) is 0 Å². The molecule has 1 atom stereocenters. The monoisotopic (exact) mass is 243 g/mol. The molecule has 0 saturated heterocycles. The molecule has 0 aliphatic carbocycles. The molecule has 0 fully saturated rings. The molecule has 16 heavy (non-hydrogen) atoms. The van der Waals surface area contributed by atoms with Crippen LogP contribution in [0.2, 0.25) is 0 Å². The normalized spacial score (nSPS) is 12.7. The minimum absolute atomic E-state index is 0.679. The highest BCUT2D eigenvalue weighted by Gasteiger charge is 2.05. The number of anilines is 1. The molecular weight excluding hydrogens is 222 g/mol. The number of nitrogens with zero attached hydrogens (tertiary/aromatic N) is 2. The van der Waals surface area contributed by atoms with Gasteiger partial charge >= 0.3 is 0 Å². The molecule has 1 N–H and O–H groups in total. The second kappa shape index (κ2) is 6.68. The lowest BCUT2D eigenvalue weighted by Gasteiger charge is -2.08. The summed E-state index contributed by atoms with van der Waals surface area (Å²) in [6.07, 6.45) is 6.05. The van der Waals surface area contributed by atoms with Gasteiger partial charge in [0.1, 0.15) is 0 Å². The summed E-state index contributed by atoms with van der Waals surface area (Å²) in [6.45, 7) is 5.85. The highest BCUT2D eigenvalue weighted by atomic mass is 32.2. The number of unbranched alkanes of at least 4 members (excludes halogenated alkanes) is 1. The number of hydrogen-bond donors (Lipinski definition) is 1. The smallest absolute Gasteiger partial charge is 0.203 e. The van der Waals surface area contributed by atoms with Crippen LogP contribution in [-0.4, -0.2) is 32.3 Å². The van der Waals surface area contributed by atoms with Gasteiger partial charge in [-0.25, -0.2) is 4.98 Å². The van der Waals surface area contributed by atoms with E-state index < -0.39 is 10.8 Å². The van der Waals surface area contributed by atoms with Crippen LogP contribution in [0.5, 0.6) is 0 Å². The molecule has 4 nitrogen and oxygen atoms in total. The topological polar surface area (TPSA) is 46.9 Å². The molecule has 0 radical (unpaired) electrons. The highest BCUT2D eigenvalue weighted by molar-refractivity contribution is 7.84. The van der Waals surface area contributed by atoms with Gasteiger partial charge in [-0.2, -0.15) is 0 Å². The lowest BCUT2D eigenvalue weighted by Crippen LogP contribution is -2.11. The number of nitrogens with one attached hydrogen (secondary N) is 1. The first-order chi connectivity index (χ1) is 7.63.